The highest BCUT2D eigenvalue weighted by molar-refractivity contribution is 5.87. The van der Waals surface area contributed by atoms with Crippen molar-refractivity contribution in [3.8, 4) is 0 Å². The van der Waals surface area contributed by atoms with Gasteiger partial charge in [-0.05, 0) is 18.6 Å². The van der Waals surface area contributed by atoms with Crippen LogP contribution in [0.1, 0.15) is 12.0 Å². The predicted octanol–water partition coefficient (Wildman–Crippen LogP) is 2.15. The summed E-state index contributed by atoms with van der Waals surface area (Å²) in [5, 5.41) is 8.67. The Hall–Kier alpha value is -1.88. The Labute approximate surface area is 111 Å². The molecule has 1 aromatic carbocycles. The summed E-state index contributed by atoms with van der Waals surface area (Å²) in [5.41, 5.74) is 0.965. The first-order valence-electron chi connectivity index (χ1n) is 6.09. The fourth-order valence-electron chi connectivity index (χ4n) is 2.21. The largest absolute Gasteiger partial charge is 0.478 e. The maximum atomic E-state index is 14.0. The van der Waals surface area contributed by atoms with Gasteiger partial charge in [0, 0.05) is 25.3 Å². The first kappa shape index (κ1) is 13.5. The van der Waals surface area contributed by atoms with E-state index in [2.05, 4.69) is 0 Å². The van der Waals surface area contributed by atoms with Crippen LogP contribution in [-0.2, 0) is 9.53 Å². The Kier molecular flexibility index (Phi) is 4.16. The Balaban J connectivity index is 2.33. The topological polar surface area (TPSA) is 49.8 Å². The summed E-state index contributed by atoms with van der Waals surface area (Å²) in [4.78, 5) is 12.4. The number of likely N-dealkylation sites (N-methyl/N-ethyl adjacent to an activating group) is 1. The quantitative estimate of drug-likeness (QED) is 0.847. The molecule has 19 heavy (non-hydrogen) atoms. The van der Waals surface area contributed by atoms with E-state index in [-0.39, 0.29) is 11.9 Å². The molecule has 1 fully saturated rings. The van der Waals surface area contributed by atoms with Gasteiger partial charge in [0.2, 0.25) is 0 Å². The first-order valence-corrected chi connectivity index (χ1v) is 6.09. The van der Waals surface area contributed by atoms with Gasteiger partial charge in [-0.15, -0.1) is 0 Å². The first-order chi connectivity index (χ1) is 9.09. The molecule has 102 valence electrons. The van der Waals surface area contributed by atoms with E-state index in [0.29, 0.717) is 24.5 Å². The highest BCUT2D eigenvalue weighted by atomic mass is 19.1. The molecule has 0 bridgehead atoms. The van der Waals surface area contributed by atoms with Gasteiger partial charge in [-0.1, -0.05) is 12.1 Å². The van der Waals surface area contributed by atoms with E-state index < -0.39 is 5.97 Å². The number of rotatable bonds is 4. The van der Waals surface area contributed by atoms with E-state index in [1.165, 1.54) is 12.1 Å². The van der Waals surface area contributed by atoms with Crippen LogP contribution in [0.2, 0.25) is 0 Å². The zero-order valence-corrected chi connectivity index (χ0v) is 10.7. The summed E-state index contributed by atoms with van der Waals surface area (Å²) in [6.45, 7) is 1.23. The van der Waals surface area contributed by atoms with Crippen molar-refractivity contribution in [3.05, 3.63) is 35.7 Å². The average molecular weight is 265 g/mol. The molecular formula is C14H16FNO3. The number of carboxylic acid groups (broad SMARTS) is 1. The number of halogens is 1. The molecule has 0 radical (unpaired) electrons. The summed E-state index contributed by atoms with van der Waals surface area (Å²) in [7, 11) is 1.80. The van der Waals surface area contributed by atoms with Crippen LogP contribution in [0.4, 0.5) is 10.1 Å². The maximum absolute atomic E-state index is 14.0. The second-order valence-corrected chi connectivity index (χ2v) is 4.48. The Bertz CT molecular complexity index is 495. The van der Waals surface area contributed by atoms with Crippen LogP contribution in [0.15, 0.2) is 24.3 Å². The van der Waals surface area contributed by atoms with Crippen molar-refractivity contribution in [2.24, 2.45) is 0 Å². The number of carboxylic acids is 1. The molecule has 1 aromatic rings. The molecule has 1 N–H and O–H groups in total. The summed E-state index contributed by atoms with van der Waals surface area (Å²) in [6.07, 6.45) is 3.26. The fourth-order valence-corrected chi connectivity index (χ4v) is 2.21. The number of aliphatic carboxylic acids is 1. The van der Waals surface area contributed by atoms with Gasteiger partial charge in [0.05, 0.1) is 18.3 Å². The molecular weight excluding hydrogens is 249 g/mol. The van der Waals surface area contributed by atoms with Crippen molar-refractivity contribution in [1.29, 1.82) is 0 Å². The van der Waals surface area contributed by atoms with Crippen LogP contribution < -0.4 is 4.90 Å². The molecule has 1 aliphatic heterocycles. The Morgan fingerprint density at radius 1 is 1.58 bits per heavy atom. The molecule has 5 heteroatoms. The summed E-state index contributed by atoms with van der Waals surface area (Å²) >= 11 is 0. The van der Waals surface area contributed by atoms with E-state index in [4.69, 9.17) is 9.84 Å². The summed E-state index contributed by atoms with van der Waals surface area (Å²) in [5.74, 6) is -1.41. The van der Waals surface area contributed by atoms with Crippen molar-refractivity contribution in [1.82, 2.24) is 0 Å². The maximum Gasteiger partial charge on any atom is 0.328 e. The van der Waals surface area contributed by atoms with Gasteiger partial charge in [0.25, 0.3) is 0 Å². The second-order valence-electron chi connectivity index (χ2n) is 4.48. The number of nitrogens with zero attached hydrogens (tertiary/aromatic N) is 1. The lowest BCUT2D eigenvalue weighted by Gasteiger charge is -2.27. The minimum atomic E-state index is -1.05. The normalized spacial score (nSPS) is 18.9. The van der Waals surface area contributed by atoms with Gasteiger partial charge in [0.1, 0.15) is 5.82 Å². The highest BCUT2D eigenvalue weighted by Gasteiger charge is 2.23. The lowest BCUT2D eigenvalue weighted by atomic mass is 10.1. The van der Waals surface area contributed by atoms with Gasteiger partial charge in [-0.3, -0.25) is 0 Å². The van der Waals surface area contributed by atoms with Gasteiger partial charge in [0.15, 0.2) is 0 Å². The molecule has 0 saturated carbocycles. The molecule has 1 saturated heterocycles. The molecule has 0 aromatic heterocycles. The molecule has 2 rings (SSSR count). The number of carbonyl (C=O) groups is 1. The monoisotopic (exact) mass is 265 g/mol. The standard InChI is InChI=1S/C14H16FNO3/c1-16(11-7-8-19-9-11)14-10(5-6-13(17)18)3-2-4-12(14)15/h2-6,11H,7-9H2,1H3,(H,17,18)/b6-5+. The number of hydrogen-bond acceptors (Lipinski definition) is 3. The van der Waals surface area contributed by atoms with Crippen LogP contribution in [0.5, 0.6) is 0 Å². The molecule has 4 nitrogen and oxygen atoms in total. The van der Waals surface area contributed by atoms with Crippen LogP contribution >= 0.6 is 0 Å². The molecule has 1 unspecified atom stereocenters. The third kappa shape index (κ3) is 3.12. The Morgan fingerprint density at radius 3 is 3.00 bits per heavy atom. The zero-order chi connectivity index (χ0) is 13.8. The molecule has 0 amide bonds. The number of hydrogen-bond donors (Lipinski definition) is 1. The molecule has 1 aliphatic rings. The third-order valence-electron chi connectivity index (χ3n) is 3.23. The van der Waals surface area contributed by atoms with Crippen LogP contribution in [0.25, 0.3) is 6.08 Å². The SMILES string of the molecule is CN(c1c(F)cccc1/C=C/C(=O)O)C1CCOC1. The fraction of sp³-hybridized carbons (Fsp3) is 0.357. The molecule has 0 spiro atoms. The highest BCUT2D eigenvalue weighted by Crippen LogP contribution is 2.28. The number of benzene rings is 1. The Morgan fingerprint density at radius 2 is 2.37 bits per heavy atom. The van der Waals surface area contributed by atoms with Crippen LogP contribution in [0, 0.1) is 5.82 Å². The van der Waals surface area contributed by atoms with E-state index in [1.54, 1.807) is 19.2 Å². The minimum absolute atomic E-state index is 0.119. The molecule has 1 atom stereocenters. The van der Waals surface area contributed by atoms with Crippen LogP contribution in [-0.4, -0.2) is 37.4 Å². The van der Waals surface area contributed by atoms with E-state index in [9.17, 15) is 9.18 Å². The van der Waals surface area contributed by atoms with E-state index >= 15 is 0 Å². The lowest BCUT2D eigenvalue weighted by Crippen LogP contribution is -2.33. The summed E-state index contributed by atoms with van der Waals surface area (Å²) < 4.78 is 19.3. The predicted molar refractivity (Wildman–Crippen MR) is 70.7 cm³/mol. The van der Waals surface area contributed by atoms with Crippen molar-refractivity contribution in [2.45, 2.75) is 12.5 Å². The van der Waals surface area contributed by atoms with Gasteiger partial charge in [-0.2, -0.15) is 0 Å². The van der Waals surface area contributed by atoms with E-state index in [1.807, 2.05) is 4.90 Å². The number of anilines is 1. The second kappa shape index (κ2) is 5.84. The van der Waals surface area contributed by atoms with Crippen LogP contribution in [0.3, 0.4) is 0 Å². The molecule has 1 heterocycles. The number of ether oxygens (including phenoxy) is 1. The van der Waals surface area contributed by atoms with Crippen molar-refractivity contribution < 1.29 is 19.0 Å². The van der Waals surface area contributed by atoms with Gasteiger partial charge in [-0.25, -0.2) is 9.18 Å². The molecule has 0 aliphatic carbocycles. The lowest BCUT2D eigenvalue weighted by molar-refractivity contribution is -0.131. The third-order valence-corrected chi connectivity index (χ3v) is 3.23. The van der Waals surface area contributed by atoms with Crippen molar-refractivity contribution in [2.75, 3.05) is 25.2 Å². The zero-order valence-electron chi connectivity index (χ0n) is 10.7. The van der Waals surface area contributed by atoms with Crippen molar-refractivity contribution >= 4 is 17.7 Å². The number of para-hydroxylation sites is 1. The van der Waals surface area contributed by atoms with Crippen molar-refractivity contribution in [3.63, 3.8) is 0 Å². The smallest absolute Gasteiger partial charge is 0.328 e. The van der Waals surface area contributed by atoms with Gasteiger partial charge < -0.3 is 14.7 Å². The van der Waals surface area contributed by atoms with E-state index in [0.717, 1.165) is 12.5 Å². The van der Waals surface area contributed by atoms with Gasteiger partial charge >= 0.3 is 5.97 Å². The average Bonchev–Trinajstić information content (AvgIpc) is 2.89. The minimum Gasteiger partial charge on any atom is -0.478 e. The summed E-state index contributed by atoms with van der Waals surface area (Å²) in [6, 6.07) is 4.76.